The molecule has 0 saturated carbocycles. The van der Waals surface area contributed by atoms with Crippen molar-refractivity contribution in [1.29, 1.82) is 0 Å². The number of ether oxygens (including phenoxy) is 1. The van der Waals surface area contributed by atoms with Crippen LogP contribution < -0.4 is 0 Å². The zero-order valence-electron chi connectivity index (χ0n) is 17.2. The third kappa shape index (κ3) is 4.80. The second kappa shape index (κ2) is 9.12. The molecule has 1 aromatic carbocycles. The number of alkyl halides is 3. The molecule has 0 amide bonds. The number of benzene rings is 1. The van der Waals surface area contributed by atoms with Crippen molar-refractivity contribution in [2.75, 3.05) is 26.3 Å². The van der Waals surface area contributed by atoms with E-state index in [9.17, 15) is 23.1 Å². The minimum atomic E-state index is -4.39. The topological polar surface area (TPSA) is 53.0 Å². The highest BCUT2D eigenvalue weighted by Gasteiger charge is 2.35. The Labute approximate surface area is 174 Å². The van der Waals surface area contributed by atoms with Gasteiger partial charge in [0.2, 0.25) is 0 Å². The molecule has 5 nitrogen and oxygen atoms in total. The number of aliphatic carboxylic acids is 1. The maximum Gasteiger partial charge on any atom is 0.416 e. The van der Waals surface area contributed by atoms with E-state index >= 15 is 0 Å². The fourth-order valence-corrected chi connectivity index (χ4v) is 4.07. The lowest BCUT2D eigenvalue weighted by Gasteiger charge is -2.45. The van der Waals surface area contributed by atoms with E-state index in [4.69, 9.17) is 4.74 Å². The summed E-state index contributed by atoms with van der Waals surface area (Å²) in [5.74, 6) is -0.0557. The number of carboxylic acid groups (broad SMARTS) is 1. The number of nitrogens with zero attached hydrogens (tertiary/aromatic N) is 2. The molecule has 2 heterocycles. The number of carbonyl (C=O) groups is 1. The van der Waals surface area contributed by atoms with Crippen LogP contribution in [0.3, 0.4) is 0 Å². The van der Waals surface area contributed by atoms with Crippen LogP contribution in [0.25, 0.3) is 0 Å². The minimum absolute atomic E-state index is 0.329. The van der Waals surface area contributed by atoms with E-state index in [1.807, 2.05) is 24.8 Å². The lowest BCUT2D eigenvalue weighted by molar-refractivity contribution is -0.137. The number of rotatable bonds is 6. The number of hydrogen-bond acceptors (Lipinski definition) is 4. The predicted octanol–water partition coefficient (Wildman–Crippen LogP) is 4.26. The summed E-state index contributed by atoms with van der Waals surface area (Å²) in [6.45, 7) is 6.67. The van der Waals surface area contributed by atoms with Crippen LogP contribution in [-0.2, 0) is 22.3 Å². The monoisotopic (exact) mass is 424 g/mol. The third-order valence-electron chi connectivity index (χ3n) is 5.54. The molecular weight excluding hydrogens is 397 g/mol. The molecule has 1 N–H and O–H groups in total. The fourth-order valence-electron chi connectivity index (χ4n) is 4.07. The highest BCUT2D eigenvalue weighted by Crippen LogP contribution is 2.34. The van der Waals surface area contributed by atoms with Gasteiger partial charge in [-0.05, 0) is 42.7 Å². The Balaban J connectivity index is 1.97. The Bertz CT molecular complexity index is 825. The average molecular weight is 424 g/mol. The van der Waals surface area contributed by atoms with E-state index in [-0.39, 0.29) is 6.04 Å². The zero-order valence-corrected chi connectivity index (χ0v) is 17.2. The molecule has 1 saturated heterocycles. The second-order valence-corrected chi connectivity index (χ2v) is 7.63. The molecule has 1 aromatic rings. The third-order valence-corrected chi connectivity index (χ3v) is 5.54. The molecular formula is C22H27F3N2O3. The van der Waals surface area contributed by atoms with E-state index in [0.29, 0.717) is 56.0 Å². The van der Waals surface area contributed by atoms with Crippen molar-refractivity contribution >= 4 is 5.97 Å². The Morgan fingerprint density at radius 3 is 2.37 bits per heavy atom. The quantitative estimate of drug-likeness (QED) is 0.740. The molecule has 0 aromatic heterocycles. The molecule has 1 fully saturated rings. The summed E-state index contributed by atoms with van der Waals surface area (Å²) in [5, 5.41) is 9.84. The molecule has 0 bridgehead atoms. The van der Waals surface area contributed by atoms with Crippen LogP contribution in [0.2, 0.25) is 0 Å². The number of allylic oxidation sites excluding steroid dienone is 2. The predicted molar refractivity (Wildman–Crippen MR) is 106 cm³/mol. The molecule has 8 heteroatoms. The van der Waals surface area contributed by atoms with Crippen LogP contribution in [-0.4, -0.2) is 53.2 Å². The van der Waals surface area contributed by atoms with Gasteiger partial charge in [0.15, 0.2) is 0 Å². The standard InChI is InChI=1S/C22H27F3N2O3/c1-3-4-18-20(21(28)29)15(2)13-19(26-9-11-30-12-10-26)27(18)14-16-5-7-17(8-6-16)22(23,24)25/h5-8,13,18H,3-4,9-12,14H2,1-2H3,(H,28,29). The Kier molecular flexibility index (Phi) is 6.75. The van der Waals surface area contributed by atoms with Crippen molar-refractivity contribution < 1.29 is 27.8 Å². The fraction of sp³-hybridized carbons (Fsp3) is 0.500. The van der Waals surface area contributed by atoms with Gasteiger partial charge in [-0.2, -0.15) is 13.2 Å². The van der Waals surface area contributed by atoms with E-state index in [1.54, 1.807) is 0 Å². The zero-order chi connectivity index (χ0) is 21.9. The van der Waals surface area contributed by atoms with Gasteiger partial charge in [-0.3, -0.25) is 0 Å². The summed E-state index contributed by atoms with van der Waals surface area (Å²) >= 11 is 0. The molecule has 1 atom stereocenters. The van der Waals surface area contributed by atoms with Gasteiger partial charge < -0.3 is 19.6 Å². The van der Waals surface area contributed by atoms with Crippen LogP contribution in [0.1, 0.15) is 37.8 Å². The van der Waals surface area contributed by atoms with Crippen LogP contribution in [0.5, 0.6) is 0 Å². The van der Waals surface area contributed by atoms with Crippen molar-refractivity contribution in [3.63, 3.8) is 0 Å². The normalized spacial score (nSPS) is 20.4. The van der Waals surface area contributed by atoms with Crippen LogP contribution >= 0.6 is 0 Å². The first kappa shape index (κ1) is 22.2. The molecule has 2 aliphatic heterocycles. The average Bonchev–Trinajstić information content (AvgIpc) is 2.70. The lowest BCUT2D eigenvalue weighted by Crippen LogP contribution is -2.48. The van der Waals surface area contributed by atoms with Gasteiger partial charge >= 0.3 is 12.1 Å². The maximum absolute atomic E-state index is 12.9. The van der Waals surface area contributed by atoms with Gasteiger partial charge in [0.1, 0.15) is 5.82 Å². The number of morpholine rings is 1. The van der Waals surface area contributed by atoms with Gasteiger partial charge in [0.05, 0.1) is 30.4 Å². The van der Waals surface area contributed by atoms with Crippen molar-refractivity contribution in [3.05, 3.63) is 58.4 Å². The first-order valence-corrected chi connectivity index (χ1v) is 10.1. The summed E-state index contributed by atoms with van der Waals surface area (Å²) in [7, 11) is 0. The molecule has 1 unspecified atom stereocenters. The van der Waals surface area contributed by atoms with Gasteiger partial charge in [-0.15, -0.1) is 0 Å². The molecule has 0 radical (unpaired) electrons. The molecule has 164 valence electrons. The molecule has 0 aliphatic carbocycles. The van der Waals surface area contributed by atoms with Crippen LogP contribution in [0.4, 0.5) is 13.2 Å². The maximum atomic E-state index is 12.9. The molecule has 0 spiro atoms. The van der Waals surface area contributed by atoms with Gasteiger partial charge in [0.25, 0.3) is 0 Å². The molecule has 3 rings (SSSR count). The first-order valence-electron chi connectivity index (χ1n) is 10.1. The number of hydrogen-bond donors (Lipinski definition) is 1. The Morgan fingerprint density at radius 1 is 1.20 bits per heavy atom. The van der Waals surface area contributed by atoms with Gasteiger partial charge in [-0.25, -0.2) is 4.79 Å². The van der Waals surface area contributed by atoms with Crippen molar-refractivity contribution in [2.24, 2.45) is 0 Å². The van der Waals surface area contributed by atoms with Crippen molar-refractivity contribution in [3.8, 4) is 0 Å². The summed E-state index contributed by atoms with van der Waals surface area (Å²) < 4.78 is 44.2. The van der Waals surface area contributed by atoms with Crippen molar-refractivity contribution in [2.45, 2.75) is 45.5 Å². The van der Waals surface area contributed by atoms with Crippen molar-refractivity contribution in [1.82, 2.24) is 9.80 Å². The summed E-state index contributed by atoms with van der Waals surface area (Å²) in [6.07, 6.45) is -1.08. The summed E-state index contributed by atoms with van der Waals surface area (Å²) in [4.78, 5) is 16.2. The second-order valence-electron chi connectivity index (χ2n) is 7.63. The highest BCUT2D eigenvalue weighted by atomic mass is 19.4. The number of carboxylic acids is 1. The molecule has 30 heavy (non-hydrogen) atoms. The minimum Gasteiger partial charge on any atom is -0.478 e. The number of halogens is 3. The van der Waals surface area contributed by atoms with E-state index in [2.05, 4.69) is 4.90 Å². The highest BCUT2D eigenvalue weighted by molar-refractivity contribution is 5.90. The van der Waals surface area contributed by atoms with Gasteiger partial charge in [0, 0.05) is 19.6 Å². The Hall–Kier alpha value is -2.48. The van der Waals surface area contributed by atoms with E-state index in [1.165, 1.54) is 12.1 Å². The largest absolute Gasteiger partial charge is 0.478 e. The first-order chi connectivity index (χ1) is 14.2. The summed E-state index contributed by atoms with van der Waals surface area (Å²) in [5.41, 5.74) is 1.07. The van der Waals surface area contributed by atoms with Gasteiger partial charge in [-0.1, -0.05) is 25.5 Å². The van der Waals surface area contributed by atoms with Crippen LogP contribution in [0, 0.1) is 0 Å². The smallest absolute Gasteiger partial charge is 0.416 e. The van der Waals surface area contributed by atoms with Crippen LogP contribution in [0.15, 0.2) is 47.3 Å². The molecule has 2 aliphatic rings. The van der Waals surface area contributed by atoms with E-state index in [0.717, 1.165) is 24.4 Å². The SMILES string of the molecule is CCCC1C(C(=O)O)=C(C)C=C(N2CCOCC2)N1Cc1ccc(C(F)(F)F)cc1. The lowest BCUT2D eigenvalue weighted by atomic mass is 9.92. The summed E-state index contributed by atoms with van der Waals surface area (Å²) in [6, 6.07) is 4.73. The van der Waals surface area contributed by atoms with E-state index < -0.39 is 17.7 Å². The Morgan fingerprint density at radius 2 is 1.83 bits per heavy atom.